The molecule has 0 unspecified atom stereocenters. The highest BCUT2D eigenvalue weighted by Gasteiger charge is 2.21. The van der Waals surface area contributed by atoms with Gasteiger partial charge < -0.3 is 4.90 Å². The number of benzene rings is 1. The van der Waals surface area contributed by atoms with Crippen molar-refractivity contribution in [1.29, 1.82) is 5.26 Å². The number of halogens is 3. The number of nitrogens with zero attached hydrogens (tertiary/aromatic N) is 2. The van der Waals surface area contributed by atoms with E-state index in [-0.39, 0.29) is 17.4 Å². The predicted octanol–water partition coefficient (Wildman–Crippen LogP) is 2.71. The first kappa shape index (κ1) is 13.6. The van der Waals surface area contributed by atoms with Crippen molar-refractivity contribution in [1.82, 2.24) is 4.90 Å². The second-order valence-corrected chi connectivity index (χ2v) is 4.29. The lowest BCUT2D eigenvalue weighted by Gasteiger charge is -2.16. The zero-order chi connectivity index (χ0) is 13.0. The molecular weight excluding hydrogens is 294 g/mol. The van der Waals surface area contributed by atoms with Crippen molar-refractivity contribution in [2.75, 3.05) is 13.6 Å². The lowest BCUT2D eigenvalue weighted by atomic mass is 10.1. The summed E-state index contributed by atoms with van der Waals surface area (Å²) in [5.41, 5.74) is -0.603. The Morgan fingerprint density at radius 3 is 2.47 bits per heavy atom. The molecule has 0 aliphatic carbocycles. The quantitative estimate of drug-likeness (QED) is 0.862. The van der Waals surface area contributed by atoms with E-state index in [0.29, 0.717) is 0 Å². The maximum Gasteiger partial charge on any atom is 0.259 e. The van der Waals surface area contributed by atoms with Crippen LogP contribution >= 0.6 is 15.9 Å². The molecule has 0 fully saturated rings. The van der Waals surface area contributed by atoms with Crippen LogP contribution in [0.5, 0.6) is 0 Å². The molecule has 90 valence electrons. The summed E-state index contributed by atoms with van der Waals surface area (Å²) in [5.74, 6) is -2.63. The van der Waals surface area contributed by atoms with Gasteiger partial charge in [0.2, 0.25) is 0 Å². The normalized spacial score (nSPS) is 9.82. The summed E-state index contributed by atoms with van der Waals surface area (Å²) >= 11 is 2.93. The smallest absolute Gasteiger partial charge is 0.259 e. The Hall–Kier alpha value is -1.48. The van der Waals surface area contributed by atoms with E-state index in [1.54, 1.807) is 0 Å². The topological polar surface area (TPSA) is 44.1 Å². The van der Waals surface area contributed by atoms with Crippen LogP contribution in [0.2, 0.25) is 0 Å². The van der Waals surface area contributed by atoms with Crippen LogP contribution in [0.3, 0.4) is 0 Å². The Morgan fingerprint density at radius 2 is 2.00 bits per heavy atom. The summed E-state index contributed by atoms with van der Waals surface area (Å²) in [6, 6.07) is 3.90. The Balaban J connectivity index is 3.01. The largest absolute Gasteiger partial charge is 0.340 e. The average Bonchev–Trinajstić information content (AvgIpc) is 2.24. The average molecular weight is 303 g/mol. The Morgan fingerprint density at radius 1 is 1.47 bits per heavy atom. The molecule has 0 spiro atoms. The third-order valence-electron chi connectivity index (χ3n) is 2.13. The molecule has 1 rings (SSSR count). The van der Waals surface area contributed by atoms with Gasteiger partial charge in [-0.05, 0) is 12.1 Å². The summed E-state index contributed by atoms with van der Waals surface area (Å²) in [6.45, 7) is 0.129. The van der Waals surface area contributed by atoms with Crippen LogP contribution in [0, 0.1) is 23.0 Å². The molecule has 0 heterocycles. The van der Waals surface area contributed by atoms with Gasteiger partial charge in [-0.25, -0.2) is 8.78 Å². The van der Waals surface area contributed by atoms with Crippen LogP contribution in [0.1, 0.15) is 16.8 Å². The number of nitriles is 1. The van der Waals surface area contributed by atoms with E-state index in [1.807, 2.05) is 6.07 Å². The van der Waals surface area contributed by atoms with E-state index in [4.69, 9.17) is 5.26 Å². The maximum absolute atomic E-state index is 13.5. The molecule has 1 aromatic rings. The summed E-state index contributed by atoms with van der Waals surface area (Å²) in [4.78, 5) is 12.8. The molecule has 6 heteroatoms. The Labute approximate surface area is 106 Å². The summed E-state index contributed by atoms with van der Waals surface area (Å²) in [7, 11) is 1.39. The van der Waals surface area contributed by atoms with Crippen molar-refractivity contribution >= 4 is 21.8 Å². The lowest BCUT2D eigenvalue weighted by Crippen LogP contribution is -2.29. The van der Waals surface area contributed by atoms with Gasteiger partial charge in [-0.15, -0.1) is 0 Å². The molecular formula is C11H9BrF2N2O. The molecule has 0 aliphatic heterocycles. The molecule has 0 aromatic heterocycles. The van der Waals surface area contributed by atoms with E-state index < -0.39 is 23.1 Å². The first-order chi connectivity index (χ1) is 7.97. The molecule has 0 radical (unpaired) electrons. The van der Waals surface area contributed by atoms with Crippen molar-refractivity contribution in [2.24, 2.45) is 0 Å². The third-order valence-corrected chi connectivity index (χ3v) is 2.58. The Kier molecular flexibility index (Phi) is 4.58. The zero-order valence-corrected chi connectivity index (χ0v) is 10.6. The van der Waals surface area contributed by atoms with E-state index >= 15 is 0 Å². The number of rotatable bonds is 3. The fraction of sp³-hybridized carbons (Fsp3) is 0.273. The van der Waals surface area contributed by atoms with E-state index in [1.165, 1.54) is 7.05 Å². The van der Waals surface area contributed by atoms with Crippen LogP contribution < -0.4 is 0 Å². The minimum Gasteiger partial charge on any atom is -0.340 e. The number of amides is 1. The van der Waals surface area contributed by atoms with Crippen molar-refractivity contribution < 1.29 is 13.6 Å². The highest BCUT2D eigenvalue weighted by molar-refractivity contribution is 9.10. The molecule has 17 heavy (non-hydrogen) atoms. The monoisotopic (exact) mass is 302 g/mol. The molecule has 0 atom stereocenters. The molecule has 3 nitrogen and oxygen atoms in total. The van der Waals surface area contributed by atoms with Crippen LogP contribution in [-0.2, 0) is 0 Å². The highest BCUT2D eigenvalue weighted by Crippen LogP contribution is 2.20. The fourth-order valence-electron chi connectivity index (χ4n) is 1.26. The van der Waals surface area contributed by atoms with Gasteiger partial charge in [0.1, 0.15) is 17.2 Å². The van der Waals surface area contributed by atoms with Gasteiger partial charge in [0, 0.05) is 18.1 Å². The fourth-order valence-corrected chi connectivity index (χ4v) is 1.66. The maximum atomic E-state index is 13.5. The number of hydrogen-bond acceptors (Lipinski definition) is 2. The summed E-state index contributed by atoms with van der Waals surface area (Å²) in [6.07, 6.45) is 0.113. The number of carbonyl (C=O) groups is 1. The number of hydrogen-bond donors (Lipinski definition) is 0. The molecule has 0 N–H and O–H groups in total. The van der Waals surface area contributed by atoms with Crippen molar-refractivity contribution in [3.63, 3.8) is 0 Å². The predicted molar refractivity (Wildman–Crippen MR) is 61.2 cm³/mol. The lowest BCUT2D eigenvalue weighted by molar-refractivity contribution is 0.0788. The van der Waals surface area contributed by atoms with Gasteiger partial charge in [0.15, 0.2) is 0 Å². The van der Waals surface area contributed by atoms with E-state index in [9.17, 15) is 13.6 Å². The van der Waals surface area contributed by atoms with Crippen LogP contribution in [0.25, 0.3) is 0 Å². The van der Waals surface area contributed by atoms with Crippen LogP contribution in [-0.4, -0.2) is 24.4 Å². The zero-order valence-electron chi connectivity index (χ0n) is 9.01. The van der Waals surface area contributed by atoms with Gasteiger partial charge in [-0.1, -0.05) is 15.9 Å². The first-order valence-corrected chi connectivity index (χ1v) is 5.53. The number of carbonyl (C=O) groups excluding carboxylic acids is 1. The summed E-state index contributed by atoms with van der Waals surface area (Å²) < 4.78 is 27.1. The molecule has 0 saturated carbocycles. The van der Waals surface area contributed by atoms with Gasteiger partial charge >= 0.3 is 0 Å². The van der Waals surface area contributed by atoms with Gasteiger partial charge in [0.25, 0.3) is 5.91 Å². The molecule has 0 saturated heterocycles. The van der Waals surface area contributed by atoms with Gasteiger partial charge in [0.05, 0.1) is 12.5 Å². The Bertz CT molecular complexity index is 462. The van der Waals surface area contributed by atoms with E-state index in [0.717, 1.165) is 17.0 Å². The second kappa shape index (κ2) is 5.73. The molecule has 0 bridgehead atoms. The van der Waals surface area contributed by atoms with Crippen molar-refractivity contribution in [3.05, 3.63) is 33.8 Å². The molecule has 1 amide bonds. The van der Waals surface area contributed by atoms with Gasteiger partial charge in [-0.3, -0.25) is 4.79 Å². The van der Waals surface area contributed by atoms with Crippen LogP contribution in [0.4, 0.5) is 8.78 Å². The first-order valence-electron chi connectivity index (χ1n) is 4.74. The minimum absolute atomic E-state index is 0.113. The van der Waals surface area contributed by atoms with Crippen LogP contribution in [0.15, 0.2) is 16.6 Å². The minimum atomic E-state index is -0.925. The summed E-state index contributed by atoms with van der Waals surface area (Å²) in [5, 5.41) is 8.37. The van der Waals surface area contributed by atoms with Crippen molar-refractivity contribution in [2.45, 2.75) is 6.42 Å². The SMILES string of the molecule is CN(CCC#N)C(=O)c1c(F)cc(Br)cc1F. The highest BCUT2D eigenvalue weighted by atomic mass is 79.9. The van der Waals surface area contributed by atoms with Gasteiger partial charge in [-0.2, -0.15) is 5.26 Å². The standard InChI is InChI=1S/C11H9BrF2N2O/c1-16(4-2-3-15)11(17)10-8(13)5-7(12)6-9(10)14/h5-6H,2,4H2,1H3. The molecule has 1 aromatic carbocycles. The van der Waals surface area contributed by atoms with Crippen molar-refractivity contribution in [3.8, 4) is 6.07 Å². The van der Waals surface area contributed by atoms with E-state index in [2.05, 4.69) is 15.9 Å². The second-order valence-electron chi connectivity index (χ2n) is 3.38. The molecule has 0 aliphatic rings. The third kappa shape index (κ3) is 3.24.